The fourth-order valence-electron chi connectivity index (χ4n) is 3.76. The Morgan fingerprint density at radius 3 is 2.52 bits per heavy atom. The number of carbonyl (C=O) groups is 1. The van der Waals surface area contributed by atoms with Crippen LogP contribution in [0, 0.1) is 6.92 Å². The molecule has 0 unspecified atom stereocenters. The van der Waals surface area contributed by atoms with E-state index in [1.165, 1.54) is 4.31 Å². The van der Waals surface area contributed by atoms with Crippen LogP contribution in [0.1, 0.15) is 11.1 Å². The summed E-state index contributed by atoms with van der Waals surface area (Å²) in [6.07, 6.45) is 0.215. The zero-order valence-corrected chi connectivity index (χ0v) is 18.5. The molecule has 9 heteroatoms. The average Bonchev–Trinajstić information content (AvgIpc) is 2.77. The van der Waals surface area contributed by atoms with E-state index in [2.05, 4.69) is 10.2 Å². The van der Waals surface area contributed by atoms with Crippen LogP contribution in [-0.4, -0.2) is 59.5 Å². The third-order valence-electron chi connectivity index (χ3n) is 5.46. The van der Waals surface area contributed by atoms with Gasteiger partial charge in [0.25, 0.3) is 5.91 Å². The third kappa shape index (κ3) is 4.94. The summed E-state index contributed by atoms with van der Waals surface area (Å²) in [5.74, 6) is 0.0365. The smallest absolute Gasteiger partial charge is 0.263 e. The van der Waals surface area contributed by atoms with Gasteiger partial charge in [0.1, 0.15) is 5.75 Å². The fraction of sp³-hybridized carbons (Fsp3) is 0.409. The van der Waals surface area contributed by atoms with E-state index in [0.29, 0.717) is 18.0 Å². The molecule has 0 saturated carbocycles. The first-order chi connectivity index (χ1) is 14.8. The molecule has 2 aromatic carbocycles. The number of ether oxygens (including phenoxy) is 2. The van der Waals surface area contributed by atoms with Crippen LogP contribution in [-0.2, 0) is 26.1 Å². The summed E-state index contributed by atoms with van der Waals surface area (Å²) in [4.78, 5) is 15.0. The molecular formula is C22H27N3O5S. The van der Waals surface area contributed by atoms with Crippen molar-refractivity contribution in [1.82, 2.24) is 5.32 Å². The molecule has 2 aliphatic heterocycles. The quantitative estimate of drug-likeness (QED) is 0.753. The lowest BCUT2D eigenvalue weighted by atomic mass is 10.1. The van der Waals surface area contributed by atoms with Crippen molar-refractivity contribution in [2.24, 2.45) is 0 Å². The van der Waals surface area contributed by atoms with Crippen molar-refractivity contribution in [3.05, 3.63) is 53.6 Å². The monoisotopic (exact) mass is 445 g/mol. The van der Waals surface area contributed by atoms with E-state index in [0.717, 1.165) is 49.4 Å². The summed E-state index contributed by atoms with van der Waals surface area (Å²) < 4.78 is 37.0. The number of amides is 1. The molecule has 0 spiro atoms. The molecule has 1 atom stereocenters. The molecule has 2 heterocycles. The van der Waals surface area contributed by atoms with Gasteiger partial charge in [0, 0.05) is 25.3 Å². The van der Waals surface area contributed by atoms with Crippen molar-refractivity contribution in [2.75, 3.05) is 48.3 Å². The van der Waals surface area contributed by atoms with Crippen LogP contribution < -0.4 is 19.3 Å². The zero-order valence-electron chi connectivity index (χ0n) is 17.7. The number of morpholine rings is 1. The molecule has 31 heavy (non-hydrogen) atoms. The Bertz CT molecular complexity index is 1050. The number of sulfonamides is 1. The number of hydrogen-bond acceptors (Lipinski definition) is 6. The van der Waals surface area contributed by atoms with Gasteiger partial charge in [-0.25, -0.2) is 8.42 Å². The highest BCUT2D eigenvalue weighted by Gasteiger charge is 2.35. The van der Waals surface area contributed by atoms with Crippen LogP contribution in [0.2, 0.25) is 0 Å². The van der Waals surface area contributed by atoms with Gasteiger partial charge in [-0.05, 0) is 42.3 Å². The molecule has 1 fully saturated rings. The van der Waals surface area contributed by atoms with Gasteiger partial charge in [-0.1, -0.05) is 18.2 Å². The Labute approximate surface area is 182 Å². The highest BCUT2D eigenvalue weighted by Crippen LogP contribution is 2.35. The largest absolute Gasteiger partial charge is 0.476 e. The van der Waals surface area contributed by atoms with Crippen molar-refractivity contribution in [1.29, 1.82) is 0 Å². The number of carbonyl (C=O) groups excluding carboxylic acids is 1. The first-order valence-electron chi connectivity index (χ1n) is 10.3. The maximum Gasteiger partial charge on any atom is 0.263 e. The number of nitrogens with zero attached hydrogens (tertiary/aromatic N) is 2. The van der Waals surface area contributed by atoms with Crippen molar-refractivity contribution < 1.29 is 22.7 Å². The van der Waals surface area contributed by atoms with E-state index >= 15 is 0 Å². The van der Waals surface area contributed by atoms with Crippen molar-refractivity contribution in [2.45, 2.75) is 19.6 Å². The van der Waals surface area contributed by atoms with Crippen LogP contribution in [0.25, 0.3) is 0 Å². The predicted octanol–water partition coefficient (Wildman–Crippen LogP) is 1.68. The Kier molecular flexibility index (Phi) is 6.06. The molecule has 2 aliphatic rings. The molecule has 0 aromatic heterocycles. The number of rotatable bonds is 5. The lowest BCUT2D eigenvalue weighted by Crippen LogP contribution is -2.50. The van der Waals surface area contributed by atoms with Crippen LogP contribution in [0.15, 0.2) is 42.5 Å². The second kappa shape index (κ2) is 8.76. The van der Waals surface area contributed by atoms with Crippen molar-refractivity contribution in [3.63, 3.8) is 0 Å². The van der Waals surface area contributed by atoms with Gasteiger partial charge in [-0.2, -0.15) is 0 Å². The maximum absolute atomic E-state index is 12.8. The summed E-state index contributed by atoms with van der Waals surface area (Å²) in [5.41, 5.74) is 3.46. The molecule has 166 valence electrons. The Balaban J connectivity index is 1.41. The lowest BCUT2D eigenvalue weighted by Gasteiger charge is -2.34. The van der Waals surface area contributed by atoms with Gasteiger partial charge >= 0.3 is 0 Å². The van der Waals surface area contributed by atoms with Gasteiger partial charge in [0.15, 0.2) is 6.10 Å². The average molecular weight is 446 g/mol. The third-order valence-corrected chi connectivity index (χ3v) is 6.60. The van der Waals surface area contributed by atoms with E-state index in [4.69, 9.17) is 9.47 Å². The minimum Gasteiger partial charge on any atom is -0.476 e. The van der Waals surface area contributed by atoms with Crippen LogP contribution in [0.5, 0.6) is 5.75 Å². The number of fused-ring (bicyclic) bond motifs is 1. The van der Waals surface area contributed by atoms with Gasteiger partial charge in [0.2, 0.25) is 10.0 Å². The molecule has 0 radical (unpaired) electrons. The standard InChI is InChI=1S/C22H27N3O5S/c1-16-3-8-20-19(13-16)25(31(2,27)28)15-21(30-20)22(26)23-14-17-4-6-18(7-5-17)24-9-11-29-12-10-24/h3-8,13,21H,9-12,14-15H2,1-2H3,(H,23,26)/t21-/m0/s1. The fourth-order valence-corrected chi connectivity index (χ4v) is 4.67. The van der Waals surface area contributed by atoms with E-state index < -0.39 is 16.1 Å². The Hall–Kier alpha value is -2.78. The van der Waals surface area contributed by atoms with E-state index in [1.807, 2.05) is 37.3 Å². The second-order valence-electron chi connectivity index (χ2n) is 7.86. The van der Waals surface area contributed by atoms with Gasteiger partial charge in [-0.15, -0.1) is 0 Å². The second-order valence-corrected chi connectivity index (χ2v) is 9.76. The highest BCUT2D eigenvalue weighted by atomic mass is 32.2. The van der Waals surface area contributed by atoms with Crippen molar-refractivity contribution >= 4 is 27.3 Å². The molecule has 1 saturated heterocycles. The van der Waals surface area contributed by atoms with E-state index in [1.54, 1.807) is 12.1 Å². The minimum absolute atomic E-state index is 0.0584. The number of nitrogens with one attached hydrogen (secondary N) is 1. The molecular weight excluding hydrogens is 418 g/mol. The number of benzene rings is 2. The highest BCUT2D eigenvalue weighted by molar-refractivity contribution is 7.92. The molecule has 0 bridgehead atoms. The number of anilines is 2. The molecule has 1 N–H and O–H groups in total. The number of aryl methyl sites for hydroxylation is 1. The zero-order chi connectivity index (χ0) is 22.0. The van der Waals surface area contributed by atoms with Crippen LogP contribution >= 0.6 is 0 Å². The van der Waals surface area contributed by atoms with E-state index in [9.17, 15) is 13.2 Å². The normalized spacial score (nSPS) is 18.8. The molecule has 8 nitrogen and oxygen atoms in total. The molecule has 1 amide bonds. The SMILES string of the molecule is Cc1ccc2c(c1)N(S(C)(=O)=O)C[C@@H](C(=O)NCc1ccc(N3CCOCC3)cc1)O2. The van der Waals surface area contributed by atoms with Crippen molar-refractivity contribution in [3.8, 4) is 5.75 Å². The lowest BCUT2D eigenvalue weighted by molar-refractivity contribution is -0.127. The Morgan fingerprint density at radius 1 is 1.13 bits per heavy atom. The van der Waals surface area contributed by atoms with E-state index in [-0.39, 0.29) is 12.5 Å². The minimum atomic E-state index is -3.55. The maximum atomic E-state index is 12.8. The Morgan fingerprint density at radius 2 is 1.84 bits per heavy atom. The van der Waals surface area contributed by atoms with Gasteiger partial charge < -0.3 is 19.7 Å². The predicted molar refractivity (Wildman–Crippen MR) is 119 cm³/mol. The topological polar surface area (TPSA) is 88.2 Å². The molecule has 4 rings (SSSR count). The van der Waals surface area contributed by atoms with Crippen LogP contribution in [0.3, 0.4) is 0 Å². The summed E-state index contributed by atoms with van der Waals surface area (Å²) in [7, 11) is -3.55. The summed E-state index contributed by atoms with van der Waals surface area (Å²) in [5, 5.41) is 2.86. The van der Waals surface area contributed by atoms with Crippen LogP contribution in [0.4, 0.5) is 11.4 Å². The molecule has 0 aliphatic carbocycles. The first-order valence-corrected chi connectivity index (χ1v) is 12.1. The number of hydrogen-bond donors (Lipinski definition) is 1. The summed E-state index contributed by atoms with van der Waals surface area (Å²) in [6.45, 7) is 5.35. The summed E-state index contributed by atoms with van der Waals surface area (Å²) in [6, 6.07) is 13.3. The molecule has 2 aromatic rings. The summed E-state index contributed by atoms with van der Waals surface area (Å²) >= 11 is 0. The van der Waals surface area contributed by atoms with Gasteiger partial charge in [0.05, 0.1) is 31.7 Å². The first kappa shape index (κ1) is 21.5. The van der Waals surface area contributed by atoms with Gasteiger partial charge in [-0.3, -0.25) is 9.10 Å².